The minimum atomic E-state index is 0.0195. The molecule has 1 amide bonds. The smallest absolute Gasteiger partial charge is 0.227 e. The third-order valence-electron chi connectivity index (χ3n) is 6.28. The van der Waals surface area contributed by atoms with Gasteiger partial charge >= 0.3 is 0 Å². The maximum atomic E-state index is 13.3. The summed E-state index contributed by atoms with van der Waals surface area (Å²) in [6, 6.07) is 12.1. The number of amides is 1. The summed E-state index contributed by atoms with van der Waals surface area (Å²) in [6.45, 7) is 4.83. The highest BCUT2D eigenvalue weighted by Crippen LogP contribution is 2.29. The number of anilines is 2. The van der Waals surface area contributed by atoms with Crippen LogP contribution in [0.1, 0.15) is 12.8 Å². The average molecular weight is 453 g/mol. The molecule has 2 aliphatic rings. The van der Waals surface area contributed by atoms with Gasteiger partial charge in [-0.2, -0.15) is 0 Å². The predicted octanol–water partition coefficient (Wildman–Crippen LogP) is 2.90. The first-order chi connectivity index (χ1) is 15.7. The zero-order valence-electron chi connectivity index (χ0n) is 18.3. The van der Waals surface area contributed by atoms with Crippen LogP contribution >= 0.6 is 11.3 Å². The largest absolute Gasteiger partial charge is 0.497 e. The van der Waals surface area contributed by atoms with E-state index in [2.05, 4.69) is 32.1 Å². The van der Waals surface area contributed by atoms with Crippen LogP contribution in [0.15, 0.2) is 48.8 Å². The molecule has 32 heavy (non-hydrogen) atoms. The molecule has 168 valence electrons. The highest BCUT2D eigenvalue weighted by atomic mass is 32.1. The number of rotatable bonds is 5. The van der Waals surface area contributed by atoms with Crippen molar-refractivity contribution in [2.24, 2.45) is 5.92 Å². The van der Waals surface area contributed by atoms with Gasteiger partial charge in [-0.15, -0.1) is 10.2 Å². The molecule has 0 bridgehead atoms. The Kier molecular flexibility index (Phi) is 5.98. The van der Waals surface area contributed by atoms with E-state index in [1.165, 1.54) is 0 Å². The first-order valence-corrected chi connectivity index (χ1v) is 11.9. The van der Waals surface area contributed by atoms with Crippen molar-refractivity contribution in [1.82, 2.24) is 19.7 Å². The number of carbonyl (C=O) groups is 1. The summed E-state index contributed by atoms with van der Waals surface area (Å²) in [5.74, 6) is 1.15. The quantitative estimate of drug-likeness (QED) is 0.593. The molecular formula is C23H28N6O2S. The van der Waals surface area contributed by atoms with Crippen molar-refractivity contribution in [2.45, 2.75) is 12.8 Å². The number of piperidine rings is 1. The summed E-state index contributed by atoms with van der Waals surface area (Å²) in [5.41, 5.74) is 1.15. The van der Waals surface area contributed by atoms with Gasteiger partial charge in [-0.1, -0.05) is 17.4 Å². The van der Waals surface area contributed by atoms with E-state index in [0.717, 1.165) is 73.8 Å². The fourth-order valence-corrected chi connectivity index (χ4v) is 5.35. The number of hydrogen-bond acceptors (Lipinski definition) is 7. The minimum Gasteiger partial charge on any atom is -0.497 e. The van der Waals surface area contributed by atoms with Crippen LogP contribution in [0, 0.1) is 5.92 Å². The van der Waals surface area contributed by atoms with Crippen molar-refractivity contribution in [1.29, 1.82) is 0 Å². The summed E-state index contributed by atoms with van der Waals surface area (Å²) in [7, 11) is 1.69. The van der Waals surface area contributed by atoms with Gasteiger partial charge in [0.15, 0.2) is 0 Å². The molecule has 8 nitrogen and oxygen atoms in total. The lowest BCUT2D eigenvalue weighted by molar-refractivity contribution is -0.136. The molecule has 2 aromatic heterocycles. The van der Waals surface area contributed by atoms with Gasteiger partial charge in [-0.05, 0) is 37.1 Å². The van der Waals surface area contributed by atoms with Crippen LogP contribution in [0.3, 0.4) is 0 Å². The highest BCUT2D eigenvalue weighted by Gasteiger charge is 2.32. The fourth-order valence-electron chi connectivity index (χ4n) is 4.51. The minimum absolute atomic E-state index is 0.0195. The Bertz CT molecular complexity index is 1040. The normalized spacial score (nSPS) is 19.3. The number of methoxy groups -OCH3 is 1. The van der Waals surface area contributed by atoms with Crippen LogP contribution in [0.4, 0.5) is 10.8 Å². The standard InChI is InChI=1S/C23H28N6O2S/c1-31-20-8-4-7-19(16-20)26-12-14-27(15-13-26)21(30)18-6-5-11-29(17-18)23-25-24-22(32-23)28-9-2-3-10-28/h2-4,7-10,16,18H,5-6,11-15,17H2,1H3. The van der Waals surface area contributed by atoms with Crippen LogP contribution in [0.2, 0.25) is 0 Å². The third kappa shape index (κ3) is 4.29. The Morgan fingerprint density at radius 2 is 1.78 bits per heavy atom. The van der Waals surface area contributed by atoms with Crippen molar-refractivity contribution in [3.63, 3.8) is 0 Å². The van der Waals surface area contributed by atoms with E-state index in [4.69, 9.17) is 4.74 Å². The van der Waals surface area contributed by atoms with Gasteiger partial charge in [-0.25, -0.2) is 0 Å². The monoisotopic (exact) mass is 452 g/mol. The Morgan fingerprint density at radius 3 is 2.56 bits per heavy atom. The molecule has 0 aliphatic carbocycles. The summed E-state index contributed by atoms with van der Waals surface area (Å²) >= 11 is 1.57. The van der Waals surface area contributed by atoms with Crippen molar-refractivity contribution in [3.8, 4) is 10.9 Å². The summed E-state index contributed by atoms with van der Waals surface area (Å²) in [6.07, 6.45) is 5.88. The third-order valence-corrected chi connectivity index (χ3v) is 7.28. The van der Waals surface area contributed by atoms with Gasteiger partial charge in [-0.3, -0.25) is 9.36 Å². The Hall–Kier alpha value is -3.07. The molecule has 2 fully saturated rings. The van der Waals surface area contributed by atoms with E-state index in [1.54, 1.807) is 18.4 Å². The van der Waals surface area contributed by atoms with E-state index < -0.39 is 0 Å². The van der Waals surface area contributed by atoms with Crippen LogP contribution < -0.4 is 14.5 Å². The molecule has 0 N–H and O–H groups in total. The van der Waals surface area contributed by atoms with Gasteiger partial charge in [0, 0.05) is 63.4 Å². The molecule has 1 unspecified atom stereocenters. The molecule has 3 aromatic rings. The van der Waals surface area contributed by atoms with Gasteiger partial charge in [0.25, 0.3) is 0 Å². The second kappa shape index (κ2) is 9.20. The first-order valence-electron chi connectivity index (χ1n) is 11.1. The molecule has 4 heterocycles. The molecule has 0 radical (unpaired) electrons. The van der Waals surface area contributed by atoms with Crippen molar-refractivity contribution < 1.29 is 9.53 Å². The predicted molar refractivity (Wildman–Crippen MR) is 126 cm³/mol. The number of carbonyl (C=O) groups excluding carboxylic acids is 1. The second-order valence-corrected chi connectivity index (χ2v) is 9.19. The van der Waals surface area contributed by atoms with E-state index in [0.29, 0.717) is 0 Å². The van der Waals surface area contributed by atoms with Crippen LogP contribution in [0.5, 0.6) is 5.75 Å². The van der Waals surface area contributed by atoms with Crippen molar-refractivity contribution >= 4 is 28.1 Å². The highest BCUT2D eigenvalue weighted by molar-refractivity contribution is 7.17. The number of piperazine rings is 1. The Labute approximate surface area is 192 Å². The number of aromatic nitrogens is 3. The summed E-state index contributed by atoms with van der Waals surface area (Å²) < 4.78 is 7.32. The van der Waals surface area contributed by atoms with Gasteiger partial charge in [0.2, 0.25) is 16.2 Å². The van der Waals surface area contributed by atoms with Crippen LogP contribution in [0.25, 0.3) is 5.13 Å². The summed E-state index contributed by atoms with van der Waals surface area (Å²) in [5, 5.41) is 10.5. The molecule has 0 saturated carbocycles. The lowest BCUT2D eigenvalue weighted by atomic mass is 9.96. The lowest BCUT2D eigenvalue weighted by Gasteiger charge is -2.39. The average Bonchev–Trinajstić information content (AvgIpc) is 3.56. The second-order valence-electron chi connectivity index (χ2n) is 8.26. The van der Waals surface area contributed by atoms with Crippen LogP contribution in [-0.2, 0) is 4.79 Å². The number of hydrogen-bond donors (Lipinski definition) is 0. The van der Waals surface area contributed by atoms with Gasteiger partial charge in [0.05, 0.1) is 13.0 Å². The van der Waals surface area contributed by atoms with Crippen molar-refractivity contribution in [3.05, 3.63) is 48.8 Å². The maximum absolute atomic E-state index is 13.3. The fraction of sp³-hybridized carbons (Fsp3) is 0.435. The van der Waals surface area contributed by atoms with E-state index >= 15 is 0 Å². The summed E-state index contributed by atoms with van der Waals surface area (Å²) in [4.78, 5) is 19.9. The number of nitrogens with zero attached hydrogens (tertiary/aromatic N) is 6. The van der Waals surface area contributed by atoms with Gasteiger partial charge < -0.3 is 19.4 Å². The van der Waals surface area contributed by atoms with Gasteiger partial charge in [0.1, 0.15) is 5.75 Å². The van der Waals surface area contributed by atoms with E-state index in [-0.39, 0.29) is 11.8 Å². The molecule has 2 saturated heterocycles. The number of benzene rings is 1. The maximum Gasteiger partial charge on any atom is 0.227 e. The zero-order valence-corrected chi connectivity index (χ0v) is 19.1. The number of ether oxygens (including phenoxy) is 1. The Morgan fingerprint density at radius 1 is 1.00 bits per heavy atom. The molecule has 1 atom stereocenters. The molecular weight excluding hydrogens is 424 g/mol. The Balaban J connectivity index is 1.19. The molecule has 2 aliphatic heterocycles. The van der Waals surface area contributed by atoms with Crippen LogP contribution in [-0.4, -0.2) is 71.9 Å². The molecule has 5 rings (SSSR count). The van der Waals surface area contributed by atoms with E-state index in [1.807, 2.05) is 46.1 Å². The van der Waals surface area contributed by atoms with Crippen molar-refractivity contribution in [2.75, 3.05) is 56.2 Å². The topological polar surface area (TPSA) is 66.7 Å². The first kappa shape index (κ1) is 20.8. The zero-order chi connectivity index (χ0) is 21.9. The van der Waals surface area contributed by atoms with E-state index in [9.17, 15) is 4.79 Å². The SMILES string of the molecule is COc1cccc(N2CCN(C(=O)C3CCCN(c4nnc(-n5cccc5)s4)C3)CC2)c1. The molecule has 9 heteroatoms. The molecule has 0 spiro atoms. The lowest BCUT2D eigenvalue weighted by Crippen LogP contribution is -2.52. The molecule has 1 aromatic carbocycles.